The molecule has 0 radical (unpaired) electrons. The van der Waals surface area contributed by atoms with Gasteiger partial charge >= 0.3 is 0 Å². The zero-order valence-corrected chi connectivity index (χ0v) is 6.70. The molecule has 4 N–H and O–H groups in total. The van der Waals surface area contributed by atoms with Gasteiger partial charge in [-0.25, -0.2) is 5.48 Å². The summed E-state index contributed by atoms with van der Waals surface area (Å²) in [6, 6.07) is 7.92. The molecular weight excluding hydrogens is 152 g/mol. The first-order valence-electron chi connectivity index (χ1n) is 4.06. The van der Waals surface area contributed by atoms with Crippen molar-refractivity contribution in [1.29, 1.82) is 0 Å². The third-order valence-corrected chi connectivity index (χ3v) is 2.45. The molecule has 1 aromatic carbocycles. The van der Waals surface area contributed by atoms with Crippen LogP contribution in [0.15, 0.2) is 24.3 Å². The standard InChI is InChI=1S/C9H12N2O/c10-9-7-4-2-1-3-6(7)5-8(9)11-12/h1-4,8-9,11-12H,5,10H2. The average molecular weight is 164 g/mol. The molecule has 0 saturated carbocycles. The zero-order chi connectivity index (χ0) is 8.55. The summed E-state index contributed by atoms with van der Waals surface area (Å²) in [6.45, 7) is 0. The first-order chi connectivity index (χ1) is 5.83. The van der Waals surface area contributed by atoms with Crippen LogP contribution in [0.2, 0.25) is 0 Å². The van der Waals surface area contributed by atoms with Gasteiger partial charge in [0.2, 0.25) is 0 Å². The van der Waals surface area contributed by atoms with E-state index in [4.69, 9.17) is 10.9 Å². The van der Waals surface area contributed by atoms with Gasteiger partial charge in [0.15, 0.2) is 0 Å². The van der Waals surface area contributed by atoms with Gasteiger partial charge in [0.25, 0.3) is 0 Å². The molecule has 1 aliphatic carbocycles. The summed E-state index contributed by atoms with van der Waals surface area (Å²) < 4.78 is 0. The Morgan fingerprint density at radius 1 is 1.42 bits per heavy atom. The van der Waals surface area contributed by atoms with E-state index in [1.807, 2.05) is 24.3 Å². The van der Waals surface area contributed by atoms with E-state index < -0.39 is 0 Å². The summed E-state index contributed by atoms with van der Waals surface area (Å²) in [5, 5.41) is 8.78. The first-order valence-corrected chi connectivity index (χ1v) is 4.06. The van der Waals surface area contributed by atoms with Gasteiger partial charge < -0.3 is 10.9 Å². The lowest BCUT2D eigenvalue weighted by atomic mass is 10.1. The fraction of sp³-hybridized carbons (Fsp3) is 0.333. The van der Waals surface area contributed by atoms with Gasteiger partial charge in [-0.15, -0.1) is 0 Å². The summed E-state index contributed by atoms with van der Waals surface area (Å²) in [6.07, 6.45) is 0.813. The molecule has 0 saturated heterocycles. The van der Waals surface area contributed by atoms with Gasteiger partial charge in [0, 0.05) is 6.04 Å². The molecule has 0 heterocycles. The Morgan fingerprint density at radius 2 is 2.17 bits per heavy atom. The molecule has 0 aromatic heterocycles. The van der Waals surface area contributed by atoms with Crippen LogP contribution in [0.5, 0.6) is 0 Å². The Bertz CT molecular complexity index is 288. The highest BCUT2D eigenvalue weighted by Crippen LogP contribution is 2.28. The number of nitrogens with two attached hydrogens (primary N) is 1. The highest BCUT2D eigenvalue weighted by molar-refractivity contribution is 5.36. The topological polar surface area (TPSA) is 58.3 Å². The van der Waals surface area contributed by atoms with Crippen LogP contribution in [0, 0.1) is 0 Å². The molecule has 1 aromatic rings. The number of rotatable bonds is 1. The van der Waals surface area contributed by atoms with Crippen LogP contribution in [0.25, 0.3) is 0 Å². The number of hydrogen-bond acceptors (Lipinski definition) is 3. The van der Waals surface area contributed by atoms with E-state index in [1.54, 1.807) is 0 Å². The minimum Gasteiger partial charge on any atom is -0.323 e. The molecule has 12 heavy (non-hydrogen) atoms. The predicted molar refractivity (Wildman–Crippen MR) is 45.8 cm³/mol. The highest BCUT2D eigenvalue weighted by Gasteiger charge is 2.28. The lowest BCUT2D eigenvalue weighted by molar-refractivity contribution is 0.119. The number of hydroxylamine groups is 1. The molecule has 64 valence electrons. The smallest absolute Gasteiger partial charge is 0.0553 e. The van der Waals surface area contributed by atoms with Crippen molar-refractivity contribution in [3.8, 4) is 0 Å². The minimum absolute atomic E-state index is 0.0256. The molecule has 0 spiro atoms. The van der Waals surface area contributed by atoms with Crippen molar-refractivity contribution in [2.75, 3.05) is 0 Å². The van der Waals surface area contributed by atoms with Gasteiger partial charge in [0.05, 0.1) is 6.04 Å². The molecule has 0 aliphatic heterocycles. The summed E-state index contributed by atoms with van der Waals surface area (Å²) in [7, 11) is 0. The van der Waals surface area contributed by atoms with Gasteiger partial charge in [-0.1, -0.05) is 24.3 Å². The van der Waals surface area contributed by atoms with Gasteiger partial charge in [-0.05, 0) is 17.5 Å². The molecule has 0 fully saturated rings. The van der Waals surface area contributed by atoms with Crippen LogP contribution in [-0.2, 0) is 6.42 Å². The number of benzene rings is 1. The molecule has 0 amide bonds. The van der Waals surface area contributed by atoms with E-state index in [1.165, 1.54) is 5.56 Å². The molecule has 2 rings (SSSR count). The van der Waals surface area contributed by atoms with E-state index in [2.05, 4.69) is 5.48 Å². The molecule has 3 nitrogen and oxygen atoms in total. The minimum atomic E-state index is -0.0776. The summed E-state index contributed by atoms with van der Waals surface area (Å²) in [5.74, 6) is 0. The van der Waals surface area contributed by atoms with Crippen molar-refractivity contribution in [1.82, 2.24) is 5.48 Å². The maximum absolute atomic E-state index is 8.78. The van der Waals surface area contributed by atoms with Crippen LogP contribution in [-0.4, -0.2) is 11.2 Å². The number of nitrogens with one attached hydrogen (secondary N) is 1. The van der Waals surface area contributed by atoms with E-state index >= 15 is 0 Å². The van der Waals surface area contributed by atoms with Crippen molar-refractivity contribution >= 4 is 0 Å². The second-order valence-electron chi connectivity index (χ2n) is 3.16. The van der Waals surface area contributed by atoms with Crippen LogP contribution < -0.4 is 11.2 Å². The van der Waals surface area contributed by atoms with E-state index in [0.29, 0.717) is 0 Å². The van der Waals surface area contributed by atoms with Crippen molar-refractivity contribution < 1.29 is 5.21 Å². The second kappa shape index (κ2) is 2.86. The fourth-order valence-electron chi connectivity index (χ4n) is 1.75. The van der Waals surface area contributed by atoms with Crippen LogP contribution >= 0.6 is 0 Å². The third kappa shape index (κ3) is 1.03. The zero-order valence-electron chi connectivity index (χ0n) is 6.70. The Balaban J connectivity index is 2.35. The lowest BCUT2D eigenvalue weighted by Gasteiger charge is -2.12. The third-order valence-electron chi connectivity index (χ3n) is 2.45. The van der Waals surface area contributed by atoms with Gasteiger partial charge in [-0.3, -0.25) is 0 Å². The summed E-state index contributed by atoms with van der Waals surface area (Å²) in [4.78, 5) is 0. The van der Waals surface area contributed by atoms with Crippen molar-refractivity contribution in [2.24, 2.45) is 5.73 Å². The number of fused-ring (bicyclic) bond motifs is 1. The Kier molecular flexibility index (Phi) is 1.84. The SMILES string of the molecule is NC1c2ccccc2CC1NO. The van der Waals surface area contributed by atoms with Crippen LogP contribution in [0.1, 0.15) is 17.2 Å². The van der Waals surface area contributed by atoms with Crippen molar-refractivity contribution in [3.63, 3.8) is 0 Å². The average Bonchev–Trinajstić information content (AvgIpc) is 2.44. The first kappa shape index (κ1) is 7.73. The monoisotopic (exact) mass is 164 g/mol. The molecule has 0 bridgehead atoms. The summed E-state index contributed by atoms with van der Waals surface area (Å²) in [5.41, 5.74) is 10.5. The van der Waals surface area contributed by atoms with E-state index in [9.17, 15) is 0 Å². The number of hydrogen-bond donors (Lipinski definition) is 3. The van der Waals surface area contributed by atoms with Crippen LogP contribution in [0.4, 0.5) is 0 Å². The van der Waals surface area contributed by atoms with Crippen molar-refractivity contribution in [3.05, 3.63) is 35.4 Å². The predicted octanol–water partition coefficient (Wildman–Crippen LogP) is 0.590. The summed E-state index contributed by atoms with van der Waals surface area (Å²) >= 11 is 0. The fourth-order valence-corrected chi connectivity index (χ4v) is 1.75. The molecule has 2 atom stereocenters. The highest BCUT2D eigenvalue weighted by atomic mass is 16.5. The Hall–Kier alpha value is -0.900. The molecular formula is C9H12N2O. The lowest BCUT2D eigenvalue weighted by Crippen LogP contribution is -2.34. The van der Waals surface area contributed by atoms with Crippen LogP contribution in [0.3, 0.4) is 0 Å². The Labute approximate surface area is 71.2 Å². The van der Waals surface area contributed by atoms with E-state index in [-0.39, 0.29) is 12.1 Å². The maximum atomic E-state index is 8.78. The Morgan fingerprint density at radius 3 is 2.83 bits per heavy atom. The molecule has 3 heteroatoms. The molecule has 1 aliphatic rings. The maximum Gasteiger partial charge on any atom is 0.0553 e. The van der Waals surface area contributed by atoms with E-state index in [0.717, 1.165) is 12.0 Å². The van der Waals surface area contributed by atoms with Gasteiger partial charge in [-0.2, -0.15) is 0 Å². The largest absolute Gasteiger partial charge is 0.323 e. The second-order valence-corrected chi connectivity index (χ2v) is 3.16. The van der Waals surface area contributed by atoms with Crippen molar-refractivity contribution in [2.45, 2.75) is 18.5 Å². The molecule has 2 unspecified atom stereocenters. The quantitative estimate of drug-likeness (QED) is 0.532. The normalized spacial score (nSPS) is 27.2. The van der Waals surface area contributed by atoms with Gasteiger partial charge in [0.1, 0.15) is 0 Å².